The molecule has 5 nitrogen and oxygen atoms in total. The fraction of sp³-hybridized carbons (Fsp3) is 0. The van der Waals surface area contributed by atoms with E-state index in [-0.39, 0.29) is 0 Å². The molecule has 0 radical (unpaired) electrons. The number of rotatable bonds is 4. The van der Waals surface area contributed by atoms with E-state index in [1.165, 1.54) is 41.8 Å². The fourth-order valence-corrected chi connectivity index (χ4v) is 9.56. The summed E-state index contributed by atoms with van der Waals surface area (Å²) >= 11 is 1.83. The number of para-hydroxylation sites is 2. The summed E-state index contributed by atoms with van der Waals surface area (Å²) < 4.78 is 11.6. The van der Waals surface area contributed by atoms with Crippen molar-refractivity contribution in [1.82, 2.24) is 19.5 Å². The van der Waals surface area contributed by atoms with E-state index in [4.69, 9.17) is 19.4 Å². The van der Waals surface area contributed by atoms with Gasteiger partial charge in [0, 0.05) is 59.4 Å². The Hall–Kier alpha value is -7.15. The van der Waals surface area contributed by atoms with E-state index < -0.39 is 0 Å². The van der Waals surface area contributed by atoms with Crippen LogP contribution in [0.1, 0.15) is 0 Å². The number of fused-ring (bicyclic) bond motifs is 13. The largest absolute Gasteiger partial charge is 0.455 e. The highest BCUT2D eigenvalue weighted by Crippen LogP contribution is 2.50. The second kappa shape index (κ2) is 11.7. The molecule has 6 heteroatoms. The Labute approximate surface area is 318 Å². The van der Waals surface area contributed by atoms with Crippen molar-refractivity contribution < 1.29 is 4.42 Å². The van der Waals surface area contributed by atoms with Crippen molar-refractivity contribution in [2.24, 2.45) is 0 Å². The first kappa shape index (κ1) is 30.3. The number of benzene rings is 8. The van der Waals surface area contributed by atoms with Gasteiger partial charge in [0.1, 0.15) is 11.2 Å². The maximum Gasteiger partial charge on any atom is 0.164 e. The van der Waals surface area contributed by atoms with Gasteiger partial charge >= 0.3 is 0 Å². The average Bonchev–Trinajstić information content (AvgIpc) is 3.94. The van der Waals surface area contributed by atoms with Gasteiger partial charge in [0.25, 0.3) is 0 Å². The number of furan rings is 1. The van der Waals surface area contributed by atoms with Gasteiger partial charge in [-0.3, -0.25) is 0 Å². The highest BCUT2D eigenvalue weighted by Gasteiger charge is 2.25. The zero-order chi connectivity index (χ0) is 36.0. The molecule has 0 aliphatic heterocycles. The summed E-state index contributed by atoms with van der Waals surface area (Å²) in [7, 11) is 0. The van der Waals surface area contributed by atoms with E-state index in [1.807, 2.05) is 41.7 Å². The summed E-state index contributed by atoms with van der Waals surface area (Å²) in [5.41, 5.74) is 8.06. The maximum atomic E-state index is 6.75. The zero-order valence-electron chi connectivity index (χ0n) is 29.3. The van der Waals surface area contributed by atoms with Crippen molar-refractivity contribution in [3.8, 4) is 39.9 Å². The van der Waals surface area contributed by atoms with E-state index >= 15 is 0 Å². The van der Waals surface area contributed by atoms with Crippen LogP contribution >= 0.6 is 11.3 Å². The van der Waals surface area contributed by atoms with Crippen LogP contribution in [-0.4, -0.2) is 19.5 Å². The monoisotopic (exact) mass is 720 g/mol. The van der Waals surface area contributed by atoms with Gasteiger partial charge in [0.15, 0.2) is 17.5 Å². The van der Waals surface area contributed by atoms with Gasteiger partial charge in [-0.15, -0.1) is 11.3 Å². The number of aromatic nitrogens is 4. The number of thiophene rings is 1. The van der Waals surface area contributed by atoms with E-state index in [1.54, 1.807) is 0 Å². The van der Waals surface area contributed by atoms with Crippen LogP contribution in [0.4, 0.5) is 0 Å². The second-order valence-corrected chi connectivity index (χ2v) is 15.0. The number of hydrogen-bond acceptors (Lipinski definition) is 5. The normalized spacial score (nSPS) is 12.0. The van der Waals surface area contributed by atoms with Crippen LogP contribution in [0.2, 0.25) is 0 Å². The molecule has 0 aliphatic carbocycles. The first-order chi connectivity index (χ1) is 27.3. The lowest BCUT2D eigenvalue weighted by atomic mass is 10.0. The topological polar surface area (TPSA) is 56.7 Å². The highest BCUT2D eigenvalue weighted by atomic mass is 32.1. The number of hydrogen-bond donors (Lipinski definition) is 0. The quantitative estimate of drug-likeness (QED) is 0.182. The lowest BCUT2D eigenvalue weighted by Crippen LogP contribution is -2.00. The summed E-state index contributed by atoms with van der Waals surface area (Å²) in [6.07, 6.45) is 0. The Morgan fingerprint density at radius 1 is 0.455 bits per heavy atom. The molecule has 0 amide bonds. The third-order valence-corrected chi connectivity index (χ3v) is 12.0. The molecule has 0 fully saturated rings. The Morgan fingerprint density at radius 2 is 1.07 bits per heavy atom. The molecule has 0 bridgehead atoms. The molecule has 0 atom stereocenters. The summed E-state index contributed by atoms with van der Waals surface area (Å²) in [5, 5.41) is 9.40. The first-order valence-electron chi connectivity index (χ1n) is 18.4. The smallest absolute Gasteiger partial charge is 0.164 e. The van der Waals surface area contributed by atoms with Gasteiger partial charge in [-0.25, -0.2) is 15.0 Å². The molecule has 0 unspecified atom stereocenters. The van der Waals surface area contributed by atoms with Gasteiger partial charge in [-0.1, -0.05) is 121 Å². The predicted molar refractivity (Wildman–Crippen MR) is 228 cm³/mol. The molecule has 4 aromatic heterocycles. The summed E-state index contributed by atoms with van der Waals surface area (Å²) in [6, 6.07) is 59.4. The molecule has 12 rings (SSSR count). The Balaban J connectivity index is 1.10. The van der Waals surface area contributed by atoms with Crippen LogP contribution in [0, 0.1) is 0 Å². The van der Waals surface area contributed by atoms with Crippen molar-refractivity contribution >= 4 is 86.0 Å². The summed E-state index contributed by atoms with van der Waals surface area (Å²) in [4.78, 5) is 15.1. The van der Waals surface area contributed by atoms with Crippen molar-refractivity contribution in [2.45, 2.75) is 0 Å². The minimum Gasteiger partial charge on any atom is -0.455 e. The molecule has 0 spiro atoms. The van der Waals surface area contributed by atoms with Gasteiger partial charge in [0.05, 0.1) is 15.7 Å². The molecule has 0 saturated carbocycles. The van der Waals surface area contributed by atoms with Crippen molar-refractivity contribution in [1.29, 1.82) is 0 Å². The van der Waals surface area contributed by atoms with Gasteiger partial charge in [-0.2, -0.15) is 0 Å². The van der Waals surface area contributed by atoms with Crippen LogP contribution in [-0.2, 0) is 0 Å². The Kier molecular flexibility index (Phi) is 6.44. The SMILES string of the molecule is c1ccc(-c2nc(-c3ccc(-n4c5ccccc5c5c6c7ccccc7oc6c6c7ccccc7sc6c54)cc3)nc(-c3ccc4ccccc4c3)n2)cc1. The molecule has 0 saturated heterocycles. The molecular weight excluding hydrogens is 693 g/mol. The molecule has 12 aromatic rings. The van der Waals surface area contributed by atoms with Crippen molar-refractivity contribution in [3.63, 3.8) is 0 Å². The van der Waals surface area contributed by atoms with Crippen LogP contribution in [0.15, 0.2) is 174 Å². The average molecular weight is 721 g/mol. The van der Waals surface area contributed by atoms with E-state index in [0.717, 1.165) is 55.2 Å². The molecule has 4 heterocycles. The minimum atomic E-state index is 0.629. The Bertz CT molecular complexity index is 3490. The number of nitrogens with zero attached hydrogens (tertiary/aromatic N) is 4. The molecule has 8 aromatic carbocycles. The predicted octanol–water partition coefficient (Wildman–Crippen LogP) is 13.4. The lowest BCUT2D eigenvalue weighted by molar-refractivity contribution is 0.673. The first-order valence-corrected chi connectivity index (χ1v) is 19.2. The van der Waals surface area contributed by atoms with Gasteiger partial charge in [-0.05, 0) is 59.3 Å². The standard InChI is InChI=1S/C49H28N4OS/c1-2-13-30(14-3-1)47-50-48(52-49(51-47)33-23-22-29-12-4-5-15-32(29)28-33)31-24-26-34(27-25-31)53-38-19-9-6-16-35(38)41-42-36-17-7-10-20-39(36)54-45(42)43-37-18-8-11-21-40(37)55-46(43)44(41)53/h1-28H. The molecule has 256 valence electrons. The van der Waals surface area contributed by atoms with Crippen LogP contribution in [0.3, 0.4) is 0 Å². The summed E-state index contributed by atoms with van der Waals surface area (Å²) in [6.45, 7) is 0. The van der Waals surface area contributed by atoms with E-state index in [0.29, 0.717) is 17.5 Å². The van der Waals surface area contributed by atoms with Crippen LogP contribution < -0.4 is 0 Å². The Morgan fingerprint density at radius 3 is 1.89 bits per heavy atom. The third-order valence-electron chi connectivity index (χ3n) is 10.8. The maximum absolute atomic E-state index is 6.75. The van der Waals surface area contributed by atoms with E-state index in [2.05, 4.69) is 144 Å². The van der Waals surface area contributed by atoms with E-state index in [9.17, 15) is 0 Å². The minimum absolute atomic E-state index is 0.629. The second-order valence-electron chi connectivity index (χ2n) is 14.0. The molecular formula is C49H28N4OS. The molecule has 55 heavy (non-hydrogen) atoms. The van der Waals surface area contributed by atoms with Crippen molar-refractivity contribution in [3.05, 3.63) is 170 Å². The highest BCUT2D eigenvalue weighted by molar-refractivity contribution is 7.27. The van der Waals surface area contributed by atoms with Gasteiger partial charge < -0.3 is 8.98 Å². The zero-order valence-corrected chi connectivity index (χ0v) is 30.1. The molecule has 0 N–H and O–H groups in total. The lowest BCUT2D eigenvalue weighted by Gasteiger charge is -2.11. The van der Waals surface area contributed by atoms with Crippen molar-refractivity contribution in [2.75, 3.05) is 0 Å². The summed E-state index contributed by atoms with van der Waals surface area (Å²) in [5.74, 6) is 1.91. The molecule has 0 aliphatic rings. The van der Waals surface area contributed by atoms with Crippen LogP contribution in [0.25, 0.3) is 115 Å². The third kappa shape index (κ3) is 4.55. The fourth-order valence-electron chi connectivity index (χ4n) is 8.32. The van der Waals surface area contributed by atoms with Crippen LogP contribution in [0.5, 0.6) is 0 Å². The van der Waals surface area contributed by atoms with Gasteiger partial charge in [0.2, 0.25) is 0 Å².